The molecule has 2 heterocycles. The second-order valence-corrected chi connectivity index (χ2v) is 9.39. The summed E-state index contributed by atoms with van der Waals surface area (Å²) in [5.74, 6) is 1.01. The van der Waals surface area contributed by atoms with Crippen molar-refractivity contribution in [3.8, 4) is 17.0 Å². The van der Waals surface area contributed by atoms with Crippen LogP contribution in [-0.4, -0.2) is 21.8 Å². The van der Waals surface area contributed by atoms with Gasteiger partial charge in [0.1, 0.15) is 11.1 Å². The van der Waals surface area contributed by atoms with Crippen LogP contribution in [0.2, 0.25) is 0 Å². The fraction of sp³-hybridized carbons (Fsp3) is 0.273. The lowest BCUT2D eigenvalue weighted by Crippen LogP contribution is -2.27. The SMILES string of the molecule is Cc1cc(O)c(C(C)C)cc1-c1csc(N2C(=O)CSC2c2ccc(N)cc2)n1. The lowest BCUT2D eigenvalue weighted by Gasteiger charge is -2.21. The molecule has 2 aromatic carbocycles. The first-order valence-corrected chi connectivity index (χ1v) is 11.4. The zero-order chi connectivity index (χ0) is 20.7. The summed E-state index contributed by atoms with van der Waals surface area (Å²) in [6.45, 7) is 6.07. The van der Waals surface area contributed by atoms with Gasteiger partial charge in [0.15, 0.2) is 5.13 Å². The number of hydrogen-bond acceptors (Lipinski definition) is 6. The van der Waals surface area contributed by atoms with E-state index in [1.807, 2.05) is 42.6 Å². The molecule has 1 saturated heterocycles. The number of thiazole rings is 1. The van der Waals surface area contributed by atoms with Crippen LogP contribution in [0.4, 0.5) is 10.8 Å². The highest BCUT2D eigenvalue weighted by molar-refractivity contribution is 8.00. The van der Waals surface area contributed by atoms with Crippen LogP contribution in [0.1, 0.15) is 41.8 Å². The van der Waals surface area contributed by atoms with Crippen molar-refractivity contribution in [2.45, 2.75) is 32.1 Å². The van der Waals surface area contributed by atoms with E-state index in [2.05, 4.69) is 13.8 Å². The third kappa shape index (κ3) is 3.72. The monoisotopic (exact) mass is 425 g/mol. The van der Waals surface area contributed by atoms with Gasteiger partial charge in [0.25, 0.3) is 0 Å². The van der Waals surface area contributed by atoms with E-state index in [1.165, 1.54) is 11.3 Å². The minimum absolute atomic E-state index is 0.0584. The van der Waals surface area contributed by atoms with Gasteiger partial charge in [-0.3, -0.25) is 9.69 Å². The standard InChI is InChI=1S/C22H23N3O2S2/c1-12(2)16-9-17(13(3)8-19(16)26)18-10-29-22(24-18)25-20(27)11-28-21(25)14-4-6-15(23)7-5-14/h4-10,12,21,26H,11,23H2,1-3H3. The van der Waals surface area contributed by atoms with Crippen molar-refractivity contribution in [1.82, 2.24) is 4.98 Å². The molecule has 3 N–H and O–H groups in total. The molecule has 1 amide bonds. The Morgan fingerprint density at radius 1 is 1.24 bits per heavy atom. The summed E-state index contributed by atoms with van der Waals surface area (Å²) >= 11 is 3.07. The predicted octanol–water partition coefficient (Wildman–Crippen LogP) is 5.31. The van der Waals surface area contributed by atoms with Crippen molar-refractivity contribution in [3.05, 3.63) is 58.5 Å². The average molecular weight is 426 g/mol. The van der Waals surface area contributed by atoms with Crippen LogP contribution in [0, 0.1) is 6.92 Å². The van der Waals surface area contributed by atoms with E-state index < -0.39 is 0 Å². The highest BCUT2D eigenvalue weighted by Crippen LogP contribution is 2.44. The molecule has 0 aliphatic carbocycles. The van der Waals surface area contributed by atoms with Gasteiger partial charge in [-0.2, -0.15) is 0 Å². The number of aryl methyl sites for hydroxylation is 1. The number of phenols is 1. The number of carbonyl (C=O) groups is 1. The highest BCUT2D eigenvalue weighted by Gasteiger charge is 2.36. The first-order valence-electron chi connectivity index (χ1n) is 9.43. The molecular weight excluding hydrogens is 402 g/mol. The molecule has 7 heteroatoms. The molecule has 1 atom stereocenters. The molecule has 1 fully saturated rings. The summed E-state index contributed by atoms with van der Waals surface area (Å²) < 4.78 is 0. The van der Waals surface area contributed by atoms with Crippen molar-refractivity contribution in [2.24, 2.45) is 0 Å². The molecule has 1 aliphatic rings. The minimum Gasteiger partial charge on any atom is -0.508 e. The lowest BCUT2D eigenvalue weighted by atomic mass is 9.95. The molecule has 0 bridgehead atoms. The summed E-state index contributed by atoms with van der Waals surface area (Å²) in [6, 6.07) is 11.4. The fourth-order valence-corrected chi connectivity index (χ4v) is 5.58. The Morgan fingerprint density at radius 3 is 2.66 bits per heavy atom. The number of nitrogens with zero attached hydrogens (tertiary/aromatic N) is 2. The smallest absolute Gasteiger partial charge is 0.240 e. The molecule has 1 unspecified atom stereocenters. The molecule has 1 aromatic heterocycles. The first kappa shape index (κ1) is 19.8. The average Bonchev–Trinajstić information content (AvgIpc) is 3.28. The van der Waals surface area contributed by atoms with E-state index >= 15 is 0 Å². The molecule has 3 aromatic rings. The Balaban J connectivity index is 1.70. The highest BCUT2D eigenvalue weighted by atomic mass is 32.2. The number of hydrogen-bond donors (Lipinski definition) is 2. The van der Waals surface area contributed by atoms with Crippen LogP contribution in [0.15, 0.2) is 41.8 Å². The number of benzene rings is 2. The topological polar surface area (TPSA) is 79.5 Å². The van der Waals surface area contributed by atoms with Gasteiger partial charge in [0.2, 0.25) is 5.91 Å². The van der Waals surface area contributed by atoms with Gasteiger partial charge in [-0.15, -0.1) is 23.1 Å². The van der Waals surface area contributed by atoms with Crippen LogP contribution in [0.3, 0.4) is 0 Å². The van der Waals surface area contributed by atoms with Crippen LogP contribution in [-0.2, 0) is 4.79 Å². The van der Waals surface area contributed by atoms with Crippen molar-refractivity contribution >= 4 is 39.8 Å². The number of carbonyl (C=O) groups excluding carboxylic acids is 1. The van der Waals surface area contributed by atoms with Gasteiger partial charge in [-0.1, -0.05) is 26.0 Å². The second kappa shape index (κ2) is 7.72. The molecule has 0 radical (unpaired) electrons. The Labute approximate surface area is 178 Å². The number of nitrogens with two attached hydrogens (primary N) is 1. The maximum atomic E-state index is 12.6. The minimum atomic E-state index is -0.103. The zero-order valence-corrected chi connectivity index (χ0v) is 18.2. The quantitative estimate of drug-likeness (QED) is 0.554. The number of aromatic nitrogens is 1. The van der Waals surface area contributed by atoms with E-state index in [-0.39, 0.29) is 17.2 Å². The molecule has 150 valence electrons. The first-order chi connectivity index (χ1) is 13.8. The zero-order valence-electron chi connectivity index (χ0n) is 16.5. The van der Waals surface area contributed by atoms with Gasteiger partial charge in [-0.25, -0.2) is 4.98 Å². The Bertz CT molecular complexity index is 1060. The van der Waals surface area contributed by atoms with Crippen molar-refractivity contribution < 1.29 is 9.90 Å². The van der Waals surface area contributed by atoms with Crippen LogP contribution >= 0.6 is 23.1 Å². The number of thioether (sulfide) groups is 1. The maximum Gasteiger partial charge on any atom is 0.240 e. The third-order valence-electron chi connectivity index (χ3n) is 5.06. The summed E-state index contributed by atoms with van der Waals surface area (Å²) in [6.07, 6.45) is 0. The van der Waals surface area contributed by atoms with E-state index in [0.29, 0.717) is 22.3 Å². The molecule has 4 rings (SSSR count). The van der Waals surface area contributed by atoms with Gasteiger partial charge in [0.05, 0.1) is 11.4 Å². The lowest BCUT2D eigenvalue weighted by molar-refractivity contribution is -0.115. The van der Waals surface area contributed by atoms with E-state index in [4.69, 9.17) is 10.7 Å². The summed E-state index contributed by atoms with van der Waals surface area (Å²) in [7, 11) is 0. The Hall–Kier alpha value is -2.51. The maximum absolute atomic E-state index is 12.6. The number of phenolic OH excluding ortho intramolecular Hbond substituents is 1. The molecule has 5 nitrogen and oxygen atoms in total. The van der Waals surface area contributed by atoms with E-state index in [0.717, 1.165) is 27.9 Å². The van der Waals surface area contributed by atoms with Gasteiger partial charge >= 0.3 is 0 Å². The molecular formula is C22H23N3O2S2. The molecule has 0 spiro atoms. The number of amides is 1. The van der Waals surface area contributed by atoms with Crippen LogP contribution < -0.4 is 10.6 Å². The second-order valence-electron chi connectivity index (χ2n) is 7.49. The number of aromatic hydroxyl groups is 1. The normalized spacial score (nSPS) is 16.8. The summed E-state index contributed by atoms with van der Waals surface area (Å²) in [4.78, 5) is 19.2. The Kier molecular flexibility index (Phi) is 5.27. The third-order valence-corrected chi connectivity index (χ3v) is 7.11. The van der Waals surface area contributed by atoms with E-state index in [1.54, 1.807) is 22.7 Å². The van der Waals surface area contributed by atoms with Crippen LogP contribution in [0.25, 0.3) is 11.3 Å². The number of rotatable bonds is 4. The summed E-state index contributed by atoms with van der Waals surface area (Å²) in [5, 5.41) is 12.8. The van der Waals surface area contributed by atoms with Crippen molar-refractivity contribution in [3.63, 3.8) is 0 Å². The molecule has 0 saturated carbocycles. The van der Waals surface area contributed by atoms with Gasteiger partial charge in [0, 0.05) is 16.6 Å². The van der Waals surface area contributed by atoms with Crippen LogP contribution in [0.5, 0.6) is 5.75 Å². The van der Waals surface area contributed by atoms with Gasteiger partial charge in [-0.05, 0) is 53.8 Å². The Morgan fingerprint density at radius 2 is 1.97 bits per heavy atom. The van der Waals surface area contributed by atoms with Gasteiger partial charge < -0.3 is 10.8 Å². The fourth-order valence-electron chi connectivity index (χ4n) is 3.48. The molecule has 29 heavy (non-hydrogen) atoms. The molecule has 1 aliphatic heterocycles. The van der Waals surface area contributed by atoms with E-state index in [9.17, 15) is 9.90 Å². The summed E-state index contributed by atoms with van der Waals surface area (Å²) in [5.41, 5.74) is 11.2. The van der Waals surface area contributed by atoms with Crippen molar-refractivity contribution in [1.29, 1.82) is 0 Å². The number of nitrogen functional groups attached to an aromatic ring is 1. The largest absolute Gasteiger partial charge is 0.508 e. The van der Waals surface area contributed by atoms with Crippen molar-refractivity contribution in [2.75, 3.05) is 16.4 Å². The predicted molar refractivity (Wildman–Crippen MR) is 122 cm³/mol. The number of anilines is 2.